The maximum atomic E-state index is 11.3. The Balaban J connectivity index is 4.79. The van der Waals surface area contributed by atoms with Crippen LogP contribution in [-0.4, -0.2) is 52.0 Å². The number of rotatable bonds is 12. The number of carbonyl (C=O) groups excluding carboxylic acids is 1. The van der Waals surface area contributed by atoms with Crippen LogP contribution in [-0.2, 0) is 9.59 Å². The minimum Gasteiger partial charge on any atom is -0.544 e. The average molecular weight is 303 g/mol. The van der Waals surface area contributed by atoms with Gasteiger partial charge in [0.05, 0.1) is 12.5 Å². The number of carboxylic acids is 2. The molecule has 0 amide bonds. The topological polar surface area (TPSA) is 97.7 Å². The monoisotopic (exact) mass is 303 g/mol. The molecule has 0 aliphatic rings. The number of aliphatic carboxylic acids is 2. The summed E-state index contributed by atoms with van der Waals surface area (Å²) in [5.74, 6) is -2.44. The van der Waals surface area contributed by atoms with Crippen LogP contribution in [0.3, 0.4) is 0 Å². The van der Waals surface area contributed by atoms with Crippen LogP contribution < -0.4 is 5.11 Å². The summed E-state index contributed by atoms with van der Waals surface area (Å²) < 4.78 is -0.383. The molecule has 0 saturated heterocycles. The summed E-state index contributed by atoms with van der Waals surface area (Å²) >= 11 is 0. The lowest BCUT2D eigenvalue weighted by molar-refractivity contribution is -0.972. The Morgan fingerprint density at radius 3 is 2.00 bits per heavy atom. The van der Waals surface area contributed by atoms with Crippen molar-refractivity contribution in [1.82, 2.24) is 0 Å². The number of aliphatic hydroxyl groups excluding tert-OH is 1. The fourth-order valence-electron chi connectivity index (χ4n) is 2.65. The predicted molar refractivity (Wildman–Crippen MR) is 77.2 cm³/mol. The molecule has 0 aromatic rings. The first-order valence-corrected chi connectivity index (χ1v) is 7.74. The second-order valence-corrected chi connectivity index (χ2v) is 5.74. The van der Waals surface area contributed by atoms with Crippen LogP contribution in [0, 0.1) is 0 Å². The van der Waals surface area contributed by atoms with E-state index in [1.54, 1.807) is 0 Å². The van der Waals surface area contributed by atoms with Crippen molar-refractivity contribution in [2.24, 2.45) is 0 Å². The molecule has 0 aliphatic carbocycles. The van der Waals surface area contributed by atoms with E-state index in [4.69, 9.17) is 0 Å². The second kappa shape index (κ2) is 9.73. The molecule has 0 heterocycles. The summed E-state index contributed by atoms with van der Waals surface area (Å²) in [6.45, 7) is 4.78. The Morgan fingerprint density at radius 2 is 1.57 bits per heavy atom. The Morgan fingerprint density at radius 1 is 1.05 bits per heavy atom. The van der Waals surface area contributed by atoms with Crippen molar-refractivity contribution in [2.75, 3.05) is 13.3 Å². The van der Waals surface area contributed by atoms with Crippen molar-refractivity contribution in [3.05, 3.63) is 0 Å². The van der Waals surface area contributed by atoms with E-state index in [-0.39, 0.29) is 4.48 Å². The molecule has 0 aliphatic heterocycles. The quantitative estimate of drug-likeness (QED) is 0.314. The molecule has 3 atom stereocenters. The maximum Gasteiger partial charge on any atom is 0.362 e. The molecular formula is C15H29NO5. The Bertz CT molecular complexity index is 312. The third-order valence-electron chi connectivity index (χ3n) is 4.43. The van der Waals surface area contributed by atoms with Crippen LogP contribution in [0.15, 0.2) is 0 Å². The lowest BCUT2D eigenvalue weighted by Gasteiger charge is -2.45. The van der Waals surface area contributed by atoms with E-state index in [0.717, 1.165) is 25.7 Å². The minimum atomic E-state index is -1.33. The van der Waals surface area contributed by atoms with Crippen LogP contribution in [0.1, 0.15) is 59.3 Å². The van der Waals surface area contributed by atoms with Gasteiger partial charge in [-0.15, -0.1) is 0 Å². The summed E-state index contributed by atoms with van der Waals surface area (Å²) in [4.78, 5) is 22.4. The number of carbonyl (C=O) groups is 2. The fourth-order valence-corrected chi connectivity index (χ4v) is 2.65. The number of aliphatic hydroxyl groups is 1. The Hall–Kier alpha value is -1.14. The van der Waals surface area contributed by atoms with E-state index in [9.17, 15) is 24.9 Å². The van der Waals surface area contributed by atoms with Crippen LogP contribution >= 0.6 is 0 Å². The number of carboxylic acid groups (broad SMARTS) is 2. The van der Waals surface area contributed by atoms with Crippen LogP contribution in [0.25, 0.3) is 0 Å². The molecule has 124 valence electrons. The molecule has 6 heteroatoms. The van der Waals surface area contributed by atoms with Gasteiger partial charge in [-0.2, -0.15) is 0 Å². The van der Waals surface area contributed by atoms with Gasteiger partial charge in [-0.25, -0.2) is 4.79 Å². The van der Waals surface area contributed by atoms with Crippen molar-refractivity contribution in [3.8, 4) is 0 Å². The highest BCUT2D eigenvalue weighted by atomic mass is 16.4. The number of hydrogen-bond donors (Lipinski definition) is 2. The molecule has 0 spiro atoms. The van der Waals surface area contributed by atoms with Gasteiger partial charge in [-0.3, -0.25) is 4.48 Å². The van der Waals surface area contributed by atoms with Crippen molar-refractivity contribution in [1.29, 1.82) is 0 Å². The first-order chi connectivity index (χ1) is 9.83. The molecule has 3 unspecified atom stereocenters. The van der Waals surface area contributed by atoms with Gasteiger partial charge in [0.15, 0.2) is 12.8 Å². The summed E-state index contributed by atoms with van der Waals surface area (Å²) in [6, 6.07) is -2.05. The highest BCUT2D eigenvalue weighted by Gasteiger charge is 2.43. The lowest BCUT2D eigenvalue weighted by Crippen LogP contribution is -2.67. The van der Waals surface area contributed by atoms with Crippen LogP contribution in [0.2, 0.25) is 0 Å². The van der Waals surface area contributed by atoms with E-state index in [0.29, 0.717) is 13.0 Å². The lowest BCUT2D eigenvalue weighted by atomic mass is 10.1. The molecular weight excluding hydrogens is 274 g/mol. The third kappa shape index (κ3) is 5.63. The first kappa shape index (κ1) is 19.9. The molecule has 0 radical (unpaired) electrons. The van der Waals surface area contributed by atoms with Crippen molar-refractivity contribution >= 4 is 11.9 Å². The van der Waals surface area contributed by atoms with Crippen molar-refractivity contribution < 1.29 is 29.4 Å². The van der Waals surface area contributed by atoms with Gasteiger partial charge in [-0.05, 0) is 26.7 Å². The molecule has 6 nitrogen and oxygen atoms in total. The molecule has 0 aromatic carbocycles. The van der Waals surface area contributed by atoms with Gasteiger partial charge >= 0.3 is 5.97 Å². The van der Waals surface area contributed by atoms with Crippen LogP contribution in [0.4, 0.5) is 0 Å². The SMILES string of the molecule is CCCCCCCC[N+](CO)(C(C)C(=O)[O-])C(C)C(=O)O. The van der Waals surface area contributed by atoms with E-state index in [2.05, 4.69) is 6.92 Å². The molecule has 0 bridgehead atoms. The Kier molecular flexibility index (Phi) is 9.21. The summed E-state index contributed by atoms with van der Waals surface area (Å²) in [5.41, 5.74) is 0. The number of nitrogens with zero attached hydrogens (tertiary/aromatic N) is 1. The van der Waals surface area contributed by atoms with E-state index >= 15 is 0 Å². The third-order valence-corrected chi connectivity index (χ3v) is 4.43. The summed E-state index contributed by atoms with van der Waals surface area (Å²) in [6.07, 6.45) is 6.08. The van der Waals surface area contributed by atoms with Gasteiger partial charge in [-0.1, -0.05) is 32.6 Å². The van der Waals surface area contributed by atoms with Crippen LogP contribution in [0.5, 0.6) is 0 Å². The van der Waals surface area contributed by atoms with Crippen molar-refractivity contribution in [3.63, 3.8) is 0 Å². The average Bonchev–Trinajstić information content (AvgIpc) is 2.45. The molecule has 0 saturated carbocycles. The molecule has 21 heavy (non-hydrogen) atoms. The fraction of sp³-hybridized carbons (Fsp3) is 0.867. The molecule has 0 fully saturated rings. The van der Waals surface area contributed by atoms with Gasteiger partial charge in [0, 0.05) is 0 Å². The smallest absolute Gasteiger partial charge is 0.362 e. The molecule has 0 aromatic heterocycles. The van der Waals surface area contributed by atoms with Gasteiger partial charge in [0.2, 0.25) is 0 Å². The van der Waals surface area contributed by atoms with Gasteiger partial charge in [0.25, 0.3) is 0 Å². The first-order valence-electron chi connectivity index (χ1n) is 7.74. The zero-order chi connectivity index (χ0) is 16.5. The predicted octanol–water partition coefficient (Wildman–Crippen LogP) is 0.725. The van der Waals surface area contributed by atoms with Crippen molar-refractivity contribution in [2.45, 2.75) is 71.4 Å². The highest BCUT2D eigenvalue weighted by Crippen LogP contribution is 2.21. The van der Waals surface area contributed by atoms with E-state index in [1.807, 2.05) is 0 Å². The highest BCUT2D eigenvalue weighted by molar-refractivity contribution is 5.73. The molecule has 0 rings (SSSR count). The number of hydrogen-bond acceptors (Lipinski definition) is 4. The standard InChI is InChI=1S/C15H29NO5/c1-4-5-6-7-8-9-10-16(11-17,12(2)14(18)19)13(3)15(20)21/h12-13,17H,4-11H2,1-3H3,(H-,18,19,20,21). The number of quaternary nitrogens is 1. The zero-order valence-corrected chi connectivity index (χ0v) is 13.4. The zero-order valence-electron chi connectivity index (χ0n) is 13.4. The maximum absolute atomic E-state index is 11.3. The summed E-state index contributed by atoms with van der Waals surface area (Å²) in [7, 11) is 0. The second-order valence-electron chi connectivity index (χ2n) is 5.74. The molecule has 2 N–H and O–H groups in total. The van der Waals surface area contributed by atoms with E-state index in [1.165, 1.54) is 20.3 Å². The largest absolute Gasteiger partial charge is 0.544 e. The minimum absolute atomic E-state index is 0.325. The van der Waals surface area contributed by atoms with Gasteiger partial charge in [0.1, 0.15) is 6.04 Å². The Labute approximate surface area is 127 Å². The normalized spacial score (nSPS) is 17.0. The summed E-state index contributed by atoms with van der Waals surface area (Å²) in [5, 5.41) is 30.1. The van der Waals surface area contributed by atoms with E-state index < -0.39 is 30.8 Å². The number of unbranched alkanes of at least 4 members (excludes halogenated alkanes) is 5. The van der Waals surface area contributed by atoms with Gasteiger partial charge < -0.3 is 20.1 Å².